The van der Waals surface area contributed by atoms with Crippen molar-refractivity contribution in [1.29, 1.82) is 0 Å². The molecule has 3 atom stereocenters. The summed E-state index contributed by atoms with van der Waals surface area (Å²) >= 11 is 0. The first-order valence-corrected chi connectivity index (χ1v) is 8.89. The number of hydrogen-bond acceptors (Lipinski definition) is 2. The van der Waals surface area contributed by atoms with Crippen LogP contribution in [-0.4, -0.2) is 37.1 Å². The Hall–Kier alpha value is -1.35. The molecular weight excluding hydrogens is 286 g/mol. The van der Waals surface area contributed by atoms with Crippen LogP contribution < -0.4 is 0 Å². The zero-order chi connectivity index (χ0) is 16.6. The summed E-state index contributed by atoms with van der Waals surface area (Å²) in [6, 6.07) is 0. The average molecular weight is 315 g/mol. The summed E-state index contributed by atoms with van der Waals surface area (Å²) < 4.78 is 5.57. The second-order valence-corrected chi connectivity index (χ2v) is 7.50. The van der Waals surface area contributed by atoms with Gasteiger partial charge in [0, 0.05) is 25.6 Å². The first-order valence-electron chi connectivity index (χ1n) is 8.89. The quantitative estimate of drug-likeness (QED) is 0.740. The molecule has 3 heteroatoms. The van der Waals surface area contributed by atoms with Crippen molar-refractivity contribution in [3.8, 4) is 0 Å². The second-order valence-electron chi connectivity index (χ2n) is 7.50. The predicted molar refractivity (Wildman–Crippen MR) is 93.0 cm³/mol. The molecule has 0 spiro atoms. The van der Waals surface area contributed by atoms with Crippen LogP contribution in [0.2, 0.25) is 0 Å². The number of likely N-dealkylation sites (tertiary alicyclic amines) is 1. The summed E-state index contributed by atoms with van der Waals surface area (Å²) in [5.41, 5.74) is 4.03. The molecule has 0 aromatic heterocycles. The number of amides is 1. The van der Waals surface area contributed by atoms with Gasteiger partial charge in [-0.1, -0.05) is 30.7 Å². The zero-order valence-electron chi connectivity index (χ0n) is 14.9. The Morgan fingerprint density at radius 3 is 2.74 bits per heavy atom. The molecule has 0 radical (unpaired) electrons. The number of methoxy groups -OCH3 is 1. The number of hydrogen-bond donors (Lipinski definition) is 0. The van der Waals surface area contributed by atoms with Crippen molar-refractivity contribution in [2.45, 2.75) is 52.6 Å². The van der Waals surface area contributed by atoms with Gasteiger partial charge in [0.2, 0.25) is 5.91 Å². The number of ether oxygens (including phenoxy) is 1. The normalized spacial score (nSPS) is 31.9. The lowest BCUT2D eigenvalue weighted by Crippen LogP contribution is -2.35. The van der Waals surface area contributed by atoms with Gasteiger partial charge >= 0.3 is 0 Å². The fraction of sp³-hybridized carbons (Fsp3) is 0.650. The third kappa shape index (κ3) is 2.91. The third-order valence-electron chi connectivity index (χ3n) is 5.97. The van der Waals surface area contributed by atoms with E-state index in [-0.39, 0.29) is 17.4 Å². The molecule has 1 saturated heterocycles. The number of allylic oxidation sites excluding steroid dienone is 3. The highest BCUT2D eigenvalue weighted by molar-refractivity contribution is 5.82. The molecule has 0 saturated carbocycles. The van der Waals surface area contributed by atoms with Crippen molar-refractivity contribution in [3.63, 3.8) is 0 Å². The Labute approximate surface area is 140 Å². The van der Waals surface area contributed by atoms with E-state index in [0.29, 0.717) is 5.91 Å². The van der Waals surface area contributed by atoms with E-state index in [1.54, 1.807) is 7.11 Å². The van der Waals surface area contributed by atoms with E-state index in [1.807, 2.05) is 4.90 Å². The van der Waals surface area contributed by atoms with Crippen molar-refractivity contribution in [1.82, 2.24) is 4.90 Å². The molecule has 1 heterocycles. The number of rotatable bonds is 3. The van der Waals surface area contributed by atoms with Gasteiger partial charge in [-0.05, 0) is 50.7 Å². The van der Waals surface area contributed by atoms with Gasteiger partial charge in [-0.15, -0.1) is 0 Å². The summed E-state index contributed by atoms with van der Waals surface area (Å²) in [4.78, 5) is 14.8. The number of carbonyl (C=O) groups excluding carboxylic acids is 1. The van der Waals surface area contributed by atoms with Crippen molar-refractivity contribution in [2.24, 2.45) is 11.3 Å². The van der Waals surface area contributed by atoms with Crippen molar-refractivity contribution in [2.75, 3.05) is 20.2 Å². The zero-order valence-corrected chi connectivity index (χ0v) is 14.9. The fourth-order valence-electron chi connectivity index (χ4n) is 4.26. The lowest BCUT2D eigenvalue weighted by molar-refractivity contribution is -0.132. The van der Waals surface area contributed by atoms with Crippen molar-refractivity contribution >= 4 is 5.91 Å². The van der Waals surface area contributed by atoms with Crippen LogP contribution in [0.4, 0.5) is 0 Å². The smallest absolute Gasteiger partial charge is 0.229 e. The van der Waals surface area contributed by atoms with Crippen LogP contribution in [0.3, 0.4) is 0 Å². The molecule has 0 aromatic rings. The van der Waals surface area contributed by atoms with E-state index in [2.05, 4.69) is 39.0 Å². The molecule has 126 valence electrons. The van der Waals surface area contributed by atoms with Crippen LogP contribution in [0.1, 0.15) is 46.5 Å². The third-order valence-corrected chi connectivity index (χ3v) is 5.97. The minimum Gasteiger partial charge on any atom is -0.373 e. The molecule has 1 fully saturated rings. The van der Waals surface area contributed by atoms with Gasteiger partial charge in [-0.25, -0.2) is 0 Å². The topological polar surface area (TPSA) is 29.5 Å². The van der Waals surface area contributed by atoms with Crippen LogP contribution in [-0.2, 0) is 9.53 Å². The fourth-order valence-corrected chi connectivity index (χ4v) is 4.26. The highest BCUT2D eigenvalue weighted by atomic mass is 16.5. The summed E-state index contributed by atoms with van der Waals surface area (Å²) in [6.45, 7) is 8.42. The van der Waals surface area contributed by atoms with Crippen molar-refractivity contribution in [3.05, 3.63) is 34.9 Å². The molecule has 1 amide bonds. The summed E-state index contributed by atoms with van der Waals surface area (Å²) in [7, 11) is 1.76. The molecule has 3 nitrogen and oxygen atoms in total. The van der Waals surface area contributed by atoms with Crippen LogP contribution in [0.25, 0.3) is 0 Å². The Morgan fingerprint density at radius 1 is 1.39 bits per heavy atom. The van der Waals surface area contributed by atoms with Crippen LogP contribution in [0.15, 0.2) is 34.9 Å². The van der Waals surface area contributed by atoms with E-state index < -0.39 is 0 Å². The van der Waals surface area contributed by atoms with Gasteiger partial charge in [-0.2, -0.15) is 0 Å². The van der Waals surface area contributed by atoms with Gasteiger partial charge in [0.15, 0.2) is 0 Å². The molecule has 23 heavy (non-hydrogen) atoms. The van der Waals surface area contributed by atoms with Gasteiger partial charge in [0.05, 0.1) is 12.0 Å². The van der Waals surface area contributed by atoms with Gasteiger partial charge < -0.3 is 9.64 Å². The number of carbonyl (C=O) groups is 1. The van der Waals surface area contributed by atoms with E-state index in [0.717, 1.165) is 38.8 Å². The first-order chi connectivity index (χ1) is 11.0. The SMILES string of the molecule is COC1C=C[C@]2(C)CCC([C@H](C)C(=O)N3CCCC3)=CC2=C1C. The Kier molecular flexibility index (Phi) is 4.50. The number of fused-ring (bicyclic) bond motifs is 1. The Bertz CT molecular complexity index is 580. The first kappa shape index (κ1) is 16.5. The van der Waals surface area contributed by atoms with Crippen LogP contribution in [0.5, 0.6) is 0 Å². The maximum Gasteiger partial charge on any atom is 0.229 e. The predicted octanol–water partition coefficient (Wildman–Crippen LogP) is 3.87. The van der Waals surface area contributed by atoms with Gasteiger partial charge in [0.1, 0.15) is 0 Å². The van der Waals surface area contributed by atoms with Crippen LogP contribution >= 0.6 is 0 Å². The highest BCUT2D eigenvalue weighted by Crippen LogP contribution is 2.47. The molecule has 1 unspecified atom stereocenters. The van der Waals surface area contributed by atoms with E-state index in [9.17, 15) is 4.79 Å². The summed E-state index contributed by atoms with van der Waals surface area (Å²) in [6.07, 6.45) is 11.2. The molecule has 1 aliphatic heterocycles. The Balaban J connectivity index is 1.87. The maximum atomic E-state index is 12.7. The van der Waals surface area contributed by atoms with E-state index >= 15 is 0 Å². The molecule has 2 aliphatic carbocycles. The molecule has 3 aliphatic rings. The lowest BCUT2D eigenvalue weighted by Gasteiger charge is -2.39. The minimum atomic E-state index is 0.00449. The van der Waals surface area contributed by atoms with E-state index in [1.165, 1.54) is 16.7 Å². The standard InChI is InChI=1S/C20H29NO2/c1-14(19(22)21-11-5-6-12-21)16-7-9-20(3)10-8-18(23-4)15(2)17(20)13-16/h8,10,13-14,18H,5-7,9,11-12H2,1-4H3/t14-,18?,20-/m0/s1. The van der Waals surface area contributed by atoms with Gasteiger partial charge in [-0.3, -0.25) is 4.79 Å². The van der Waals surface area contributed by atoms with E-state index in [4.69, 9.17) is 4.74 Å². The van der Waals surface area contributed by atoms with Crippen molar-refractivity contribution < 1.29 is 9.53 Å². The maximum absolute atomic E-state index is 12.7. The summed E-state index contributed by atoms with van der Waals surface area (Å²) in [5, 5.41) is 0. The second kappa shape index (κ2) is 6.27. The largest absolute Gasteiger partial charge is 0.373 e. The molecule has 3 rings (SSSR count). The highest BCUT2D eigenvalue weighted by Gasteiger charge is 2.37. The average Bonchev–Trinajstić information content (AvgIpc) is 3.08. The minimum absolute atomic E-state index is 0.00449. The lowest BCUT2D eigenvalue weighted by atomic mass is 9.66. The monoisotopic (exact) mass is 315 g/mol. The number of nitrogens with zero attached hydrogens (tertiary/aromatic N) is 1. The molecular formula is C20H29NO2. The Morgan fingerprint density at radius 2 is 2.09 bits per heavy atom. The summed E-state index contributed by atoms with van der Waals surface area (Å²) in [5.74, 6) is 0.315. The van der Waals surface area contributed by atoms with Crippen LogP contribution in [0, 0.1) is 11.3 Å². The van der Waals surface area contributed by atoms with Gasteiger partial charge in [0.25, 0.3) is 0 Å². The molecule has 0 aromatic carbocycles. The molecule has 0 bridgehead atoms. The molecule has 0 N–H and O–H groups in total.